The van der Waals surface area contributed by atoms with Gasteiger partial charge in [-0.15, -0.1) is 0 Å². The molecule has 0 atom stereocenters. The summed E-state index contributed by atoms with van der Waals surface area (Å²) in [5.74, 6) is 1.51. The monoisotopic (exact) mass is 499 g/mol. The first kappa shape index (κ1) is 26.7. The van der Waals surface area contributed by atoms with Gasteiger partial charge in [0.05, 0.1) is 39.6 Å². The van der Waals surface area contributed by atoms with Gasteiger partial charge in [0.25, 0.3) is 0 Å². The number of methoxy groups -OCH3 is 5. The molecule has 1 N–H and O–H groups in total. The summed E-state index contributed by atoms with van der Waals surface area (Å²) in [6.07, 6.45) is 1.64. The van der Waals surface area contributed by atoms with Gasteiger partial charge in [-0.1, -0.05) is 0 Å². The number of carboxylic acid groups (broad SMARTS) is 1. The molecule has 0 aliphatic rings. The highest BCUT2D eigenvalue weighted by Gasteiger charge is 2.26. The quantitative estimate of drug-likeness (QED) is 0.286. The van der Waals surface area contributed by atoms with Crippen LogP contribution in [0.1, 0.15) is 25.0 Å². The number of aryl methyl sites for hydroxylation is 2. The first-order valence-electron chi connectivity index (χ1n) is 11.3. The van der Waals surface area contributed by atoms with E-state index in [1.54, 1.807) is 54.6 Å². The highest BCUT2D eigenvalue weighted by Crippen LogP contribution is 2.48. The molecular formula is C27H33NO8. The van der Waals surface area contributed by atoms with Gasteiger partial charge in [0.2, 0.25) is 5.75 Å². The Labute approximate surface area is 210 Å². The zero-order valence-corrected chi connectivity index (χ0v) is 22.0. The van der Waals surface area contributed by atoms with Crippen LogP contribution in [0.4, 0.5) is 0 Å². The van der Waals surface area contributed by atoms with E-state index in [4.69, 9.17) is 28.4 Å². The molecule has 0 aliphatic heterocycles. The van der Waals surface area contributed by atoms with Crippen LogP contribution < -0.4 is 23.7 Å². The summed E-state index contributed by atoms with van der Waals surface area (Å²) in [4.78, 5) is 11.7. The molecule has 1 aromatic heterocycles. The van der Waals surface area contributed by atoms with Gasteiger partial charge in [0.15, 0.2) is 29.8 Å². The molecule has 2 aromatic carbocycles. The molecule has 0 saturated carbocycles. The van der Waals surface area contributed by atoms with E-state index in [-0.39, 0.29) is 12.4 Å². The number of ether oxygens (including phenoxy) is 6. The highest BCUT2D eigenvalue weighted by molar-refractivity contribution is 6.04. The van der Waals surface area contributed by atoms with Crippen molar-refractivity contribution >= 4 is 22.9 Å². The van der Waals surface area contributed by atoms with Crippen molar-refractivity contribution in [3.05, 3.63) is 34.9 Å². The molecule has 0 radical (unpaired) electrons. The largest absolute Gasteiger partial charge is 0.493 e. The number of hydrogen-bond donors (Lipinski definition) is 1. The minimum Gasteiger partial charge on any atom is -0.493 e. The number of carboxylic acids is 1. The lowest BCUT2D eigenvalue weighted by Crippen LogP contribution is -2.05. The molecule has 1 heterocycles. The smallest absolute Gasteiger partial charge is 0.331 e. The Morgan fingerprint density at radius 3 is 2.00 bits per heavy atom. The number of nitrogens with zero attached hydrogens (tertiary/aromatic N) is 1. The van der Waals surface area contributed by atoms with E-state index < -0.39 is 5.97 Å². The maximum absolute atomic E-state index is 11.7. The second-order valence-corrected chi connectivity index (χ2v) is 8.04. The van der Waals surface area contributed by atoms with Crippen molar-refractivity contribution in [2.24, 2.45) is 0 Å². The first-order chi connectivity index (χ1) is 17.3. The van der Waals surface area contributed by atoms with Crippen molar-refractivity contribution < 1.29 is 38.3 Å². The van der Waals surface area contributed by atoms with Gasteiger partial charge in [-0.2, -0.15) is 0 Å². The standard InChI is InChI=1S/C27H33NO8/c1-9-28-23(18-12-19(32-5)25(35-8)20(13-18)33-6)16(3)22-17(10-15(2)27(29)30)11-21(34-7)26(24(22)28)36-14-31-4/h10-13H,9,14H2,1-8H3,(H,29,30)/b15-10+. The van der Waals surface area contributed by atoms with E-state index in [1.807, 2.05) is 26.0 Å². The lowest BCUT2D eigenvalue weighted by atomic mass is 10.00. The van der Waals surface area contributed by atoms with Crippen molar-refractivity contribution in [2.75, 3.05) is 42.3 Å². The summed E-state index contributed by atoms with van der Waals surface area (Å²) < 4.78 is 35.6. The van der Waals surface area contributed by atoms with Gasteiger partial charge in [-0.3, -0.25) is 0 Å². The Bertz CT molecular complexity index is 1280. The Balaban J connectivity index is 2.52. The summed E-state index contributed by atoms with van der Waals surface area (Å²) in [5, 5.41) is 10.4. The predicted molar refractivity (Wildman–Crippen MR) is 138 cm³/mol. The van der Waals surface area contributed by atoms with Crippen LogP contribution in [0.15, 0.2) is 23.8 Å². The van der Waals surface area contributed by atoms with Crippen LogP contribution in [0.25, 0.3) is 28.2 Å². The van der Waals surface area contributed by atoms with Crippen LogP contribution in [0, 0.1) is 6.92 Å². The Hall–Kier alpha value is -3.85. The van der Waals surface area contributed by atoms with Crippen molar-refractivity contribution in [1.82, 2.24) is 4.57 Å². The van der Waals surface area contributed by atoms with Crippen molar-refractivity contribution in [3.63, 3.8) is 0 Å². The molecule has 0 unspecified atom stereocenters. The Kier molecular flexibility index (Phi) is 8.37. The Morgan fingerprint density at radius 2 is 1.53 bits per heavy atom. The fourth-order valence-electron chi connectivity index (χ4n) is 4.45. The van der Waals surface area contributed by atoms with Crippen molar-refractivity contribution in [2.45, 2.75) is 27.3 Å². The highest BCUT2D eigenvalue weighted by atomic mass is 16.7. The number of aromatic nitrogens is 1. The van der Waals surface area contributed by atoms with Gasteiger partial charge in [-0.05, 0) is 56.2 Å². The normalized spacial score (nSPS) is 11.5. The van der Waals surface area contributed by atoms with Gasteiger partial charge >= 0.3 is 5.97 Å². The van der Waals surface area contributed by atoms with E-state index in [2.05, 4.69) is 4.57 Å². The molecule has 36 heavy (non-hydrogen) atoms. The maximum Gasteiger partial charge on any atom is 0.331 e. The summed E-state index contributed by atoms with van der Waals surface area (Å²) >= 11 is 0. The third-order valence-electron chi connectivity index (χ3n) is 6.03. The Morgan fingerprint density at radius 1 is 0.944 bits per heavy atom. The van der Waals surface area contributed by atoms with Crippen molar-refractivity contribution in [3.8, 4) is 40.0 Å². The van der Waals surface area contributed by atoms with Gasteiger partial charge in [0, 0.05) is 30.2 Å². The van der Waals surface area contributed by atoms with Crippen LogP contribution in [-0.4, -0.2) is 58.0 Å². The first-order valence-corrected chi connectivity index (χ1v) is 11.3. The molecular weight excluding hydrogens is 466 g/mol. The number of fused-ring (bicyclic) bond motifs is 1. The second kappa shape index (κ2) is 11.3. The zero-order valence-electron chi connectivity index (χ0n) is 22.0. The molecule has 0 spiro atoms. The van der Waals surface area contributed by atoms with Crippen LogP contribution in [0.2, 0.25) is 0 Å². The number of rotatable bonds is 11. The van der Waals surface area contributed by atoms with E-state index in [0.717, 1.165) is 27.7 Å². The third kappa shape index (κ3) is 4.66. The molecule has 0 amide bonds. The minimum atomic E-state index is -1.00. The molecule has 3 aromatic rings. The van der Waals surface area contributed by atoms with Crippen LogP contribution in [0.3, 0.4) is 0 Å². The molecule has 194 valence electrons. The number of benzene rings is 2. The van der Waals surface area contributed by atoms with Gasteiger partial charge in [0.1, 0.15) is 0 Å². The fourth-order valence-corrected chi connectivity index (χ4v) is 4.45. The van der Waals surface area contributed by atoms with Crippen molar-refractivity contribution in [1.29, 1.82) is 0 Å². The fraction of sp³-hybridized carbons (Fsp3) is 0.370. The van der Waals surface area contributed by atoms with E-state index in [9.17, 15) is 9.90 Å². The van der Waals surface area contributed by atoms with E-state index in [0.29, 0.717) is 40.9 Å². The lowest BCUT2D eigenvalue weighted by molar-refractivity contribution is -0.132. The molecule has 9 nitrogen and oxygen atoms in total. The van der Waals surface area contributed by atoms with Gasteiger partial charge < -0.3 is 38.1 Å². The van der Waals surface area contributed by atoms with Crippen LogP contribution >= 0.6 is 0 Å². The molecule has 0 saturated heterocycles. The minimum absolute atomic E-state index is 0.0161. The lowest BCUT2D eigenvalue weighted by Gasteiger charge is -2.17. The molecule has 0 bridgehead atoms. The second-order valence-electron chi connectivity index (χ2n) is 8.04. The zero-order chi connectivity index (χ0) is 26.6. The van der Waals surface area contributed by atoms with E-state index in [1.165, 1.54) is 0 Å². The third-order valence-corrected chi connectivity index (χ3v) is 6.03. The van der Waals surface area contributed by atoms with Gasteiger partial charge in [-0.25, -0.2) is 4.79 Å². The molecule has 0 aliphatic carbocycles. The predicted octanol–water partition coefficient (Wildman–Crippen LogP) is 5.14. The number of carbonyl (C=O) groups is 1. The average Bonchev–Trinajstić information content (AvgIpc) is 3.18. The molecule has 0 fully saturated rings. The van der Waals surface area contributed by atoms with Crippen LogP contribution in [-0.2, 0) is 16.1 Å². The number of aliphatic carboxylic acids is 1. The number of hydrogen-bond acceptors (Lipinski definition) is 7. The van der Waals surface area contributed by atoms with E-state index >= 15 is 0 Å². The van der Waals surface area contributed by atoms with Crippen LogP contribution in [0.5, 0.6) is 28.7 Å². The topological polar surface area (TPSA) is 97.6 Å². The summed E-state index contributed by atoms with van der Waals surface area (Å²) in [7, 11) is 7.79. The molecule has 3 rings (SSSR count). The summed E-state index contributed by atoms with van der Waals surface area (Å²) in [6, 6.07) is 5.56. The average molecular weight is 500 g/mol. The summed E-state index contributed by atoms with van der Waals surface area (Å²) in [6.45, 7) is 6.18. The summed E-state index contributed by atoms with van der Waals surface area (Å²) in [5.41, 5.74) is 4.31. The SMILES string of the molecule is CCn1c(-c2cc(OC)c(OC)c(OC)c2)c(C)c2c(/C=C(\C)C(=O)O)cc(OC)c(OCOC)c21. The molecule has 9 heteroatoms. The maximum atomic E-state index is 11.7.